The van der Waals surface area contributed by atoms with Crippen LogP contribution in [0.25, 0.3) is 0 Å². The first kappa shape index (κ1) is 12.1. The van der Waals surface area contributed by atoms with Crippen LogP contribution in [-0.4, -0.2) is 23.3 Å². The number of rotatable bonds is 2. The van der Waals surface area contributed by atoms with Gasteiger partial charge in [-0.3, -0.25) is 9.69 Å². The van der Waals surface area contributed by atoms with Crippen molar-refractivity contribution in [2.24, 2.45) is 0 Å². The molecule has 3 nitrogen and oxygen atoms in total. The molecule has 3 heteroatoms. The van der Waals surface area contributed by atoms with Gasteiger partial charge in [-0.2, -0.15) is 0 Å². The molecule has 2 rings (SSSR count). The van der Waals surface area contributed by atoms with Gasteiger partial charge in [-0.1, -0.05) is 12.1 Å². The Morgan fingerprint density at radius 3 is 2.53 bits per heavy atom. The lowest BCUT2D eigenvalue weighted by Gasteiger charge is -2.37. The van der Waals surface area contributed by atoms with E-state index in [2.05, 4.69) is 18.7 Å². The van der Waals surface area contributed by atoms with Crippen molar-refractivity contribution in [2.75, 3.05) is 12.3 Å². The van der Waals surface area contributed by atoms with Gasteiger partial charge in [0.05, 0.1) is 6.04 Å². The highest BCUT2D eigenvalue weighted by molar-refractivity contribution is 5.86. The van der Waals surface area contributed by atoms with Crippen molar-refractivity contribution >= 4 is 11.5 Å². The molecule has 0 saturated carbocycles. The number of carbonyl (C=O) groups excluding carboxylic acids is 1. The molecule has 2 N–H and O–H groups in total. The summed E-state index contributed by atoms with van der Waals surface area (Å²) in [5.41, 5.74) is 7.50. The fourth-order valence-corrected chi connectivity index (χ4v) is 2.50. The molecular weight excluding hydrogens is 212 g/mol. The normalized spacial score (nSPS) is 22.1. The minimum absolute atomic E-state index is 0.0793. The number of nitrogens with zero attached hydrogens (tertiary/aromatic N) is 1. The second-order valence-corrected chi connectivity index (χ2v) is 4.97. The summed E-state index contributed by atoms with van der Waals surface area (Å²) in [6.45, 7) is 5.28. The van der Waals surface area contributed by atoms with E-state index in [9.17, 15) is 4.79 Å². The summed E-state index contributed by atoms with van der Waals surface area (Å²) in [5.74, 6) is 0.328. The molecule has 92 valence electrons. The van der Waals surface area contributed by atoms with Gasteiger partial charge >= 0.3 is 0 Å². The third-order valence-corrected chi connectivity index (χ3v) is 3.39. The number of piperidine rings is 1. The zero-order valence-electron chi connectivity index (χ0n) is 10.5. The number of Topliss-reactive ketones (excluding diaryl/α,β-unsaturated/α-hetero) is 1. The molecule has 1 aromatic carbocycles. The molecule has 1 aromatic rings. The Bertz CT molecular complexity index is 397. The molecule has 1 aliphatic heterocycles. The van der Waals surface area contributed by atoms with E-state index in [0.29, 0.717) is 18.2 Å². The van der Waals surface area contributed by atoms with Crippen LogP contribution in [0.1, 0.15) is 38.3 Å². The van der Waals surface area contributed by atoms with Crippen molar-refractivity contribution in [3.63, 3.8) is 0 Å². The Hall–Kier alpha value is -1.35. The maximum Gasteiger partial charge on any atom is 0.154 e. The van der Waals surface area contributed by atoms with E-state index < -0.39 is 0 Å². The van der Waals surface area contributed by atoms with Crippen LogP contribution in [-0.2, 0) is 4.79 Å². The molecule has 0 amide bonds. The van der Waals surface area contributed by atoms with E-state index in [1.54, 1.807) is 0 Å². The maximum absolute atomic E-state index is 12.1. The van der Waals surface area contributed by atoms with Crippen molar-refractivity contribution < 1.29 is 4.79 Å². The number of benzene rings is 1. The van der Waals surface area contributed by atoms with Crippen LogP contribution in [0.3, 0.4) is 0 Å². The van der Waals surface area contributed by atoms with Gasteiger partial charge in [0.15, 0.2) is 5.78 Å². The number of likely N-dealkylation sites (tertiary alicyclic amines) is 1. The average Bonchev–Trinajstić information content (AvgIpc) is 2.30. The van der Waals surface area contributed by atoms with Crippen molar-refractivity contribution in [3.05, 3.63) is 29.8 Å². The van der Waals surface area contributed by atoms with Crippen LogP contribution >= 0.6 is 0 Å². The first-order chi connectivity index (χ1) is 8.09. The smallest absolute Gasteiger partial charge is 0.154 e. The Morgan fingerprint density at radius 2 is 1.94 bits per heavy atom. The lowest BCUT2D eigenvalue weighted by molar-refractivity contribution is -0.128. The predicted octanol–water partition coefficient (Wildman–Crippen LogP) is 2.38. The average molecular weight is 232 g/mol. The Morgan fingerprint density at radius 1 is 1.29 bits per heavy atom. The van der Waals surface area contributed by atoms with E-state index in [-0.39, 0.29) is 6.04 Å². The number of hydrogen-bond acceptors (Lipinski definition) is 3. The second-order valence-electron chi connectivity index (χ2n) is 4.97. The van der Waals surface area contributed by atoms with Crippen LogP contribution in [0.4, 0.5) is 5.69 Å². The lowest BCUT2D eigenvalue weighted by atomic mass is 9.92. The fourth-order valence-electron chi connectivity index (χ4n) is 2.50. The van der Waals surface area contributed by atoms with Gasteiger partial charge < -0.3 is 5.73 Å². The monoisotopic (exact) mass is 232 g/mol. The van der Waals surface area contributed by atoms with Gasteiger partial charge in [0, 0.05) is 18.2 Å². The summed E-state index contributed by atoms with van der Waals surface area (Å²) in [6, 6.07) is 7.99. The van der Waals surface area contributed by atoms with Crippen LogP contribution < -0.4 is 5.73 Å². The molecule has 1 saturated heterocycles. The highest BCUT2D eigenvalue weighted by atomic mass is 16.1. The summed E-state index contributed by atoms with van der Waals surface area (Å²) < 4.78 is 0. The van der Waals surface area contributed by atoms with Crippen molar-refractivity contribution in [1.29, 1.82) is 0 Å². The molecule has 1 aliphatic rings. The number of nitrogens with two attached hydrogens (primary N) is 1. The van der Waals surface area contributed by atoms with Crippen LogP contribution in [0.15, 0.2) is 24.3 Å². The van der Waals surface area contributed by atoms with Gasteiger partial charge in [0.2, 0.25) is 0 Å². The van der Waals surface area contributed by atoms with E-state index >= 15 is 0 Å². The van der Waals surface area contributed by atoms with Crippen LogP contribution in [0, 0.1) is 0 Å². The molecule has 0 aliphatic carbocycles. The molecule has 0 aromatic heterocycles. The van der Waals surface area contributed by atoms with Gasteiger partial charge in [-0.05, 0) is 44.5 Å². The summed E-state index contributed by atoms with van der Waals surface area (Å²) in [5, 5.41) is 0. The third-order valence-electron chi connectivity index (χ3n) is 3.39. The van der Waals surface area contributed by atoms with Crippen molar-refractivity contribution in [1.82, 2.24) is 4.90 Å². The molecule has 1 fully saturated rings. The Balaban J connectivity index is 2.31. The minimum Gasteiger partial charge on any atom is -0.399 e. The molecule has 1 atom stereocenters. The molecule has 1 heterocycles. The highest BCUT2D eigenvalue weighted by Gasteiger charge is 2.32. The van der Waals surface area contributed by atoms with Gasteiger partial charge in [-0.15, -0.1) is 0 Å². The number of carbonyl (C=O) groups is 1. The summed E-state index contributed by atoms with van der Waals surface area (Å²) in [4.78, 5) is 14.4. The molecular formula is C14H20N2O. The molecule has 0 spiro atoms. The van der Waals surface area contributed by atoms with E-state index in [1.165, 1.54) is 0 Å². The zero-order chi connectivity index (χ0) is 12.4. The molecule has 0 radical (unpaired) electrons. The molecule has 0 bridgehead atoms. The summed E-state index contributed by atoms with van der Waals surface area (Å²) in [7, 11) is 0. The highest BCUT2D eigenvalue weighted by Crippen LogP contribution is 2.30. The largest absolute Gasteiger partial charge is 0.399 e. The van der Waals surface area contributed by atoms with Gasteiger partial charge in [0.1, 0.15) is 0 Å². The number of nitrogen functional groups attached to an aromatic ring is 1. The first-order valence-corrected chi connectivity index (χ1v) is 6.23. The van der Waals surface area contributed by atoms with Gasteiger partial charge in [-0.25, -0.2) is 0 Å². The zero-order valence-corrected chi connectivity index (χ0v) is 10.5. The predicted molar refractivity (Wildman–Crippen MR) is 69.7 cm³/mol. The van der Waals surface area contributed by atoms with Gasteiger partial charge in [0.25, 0.3) is 0 Å². The summed E-state index contributed by atoms with van der Waals surface area (Å²) >= 11 is 0. The SMILES string of the molecule is CC(C)N1CCCC(=O)C1c1ccc(N)cc1. The van der Waals surface area contributed by atoms with Crippen molar-refractivity contribution in [3.8, 4) is 0 Å². The van der Waals surface area contributed by atoms with E-state index in [4.69, 9.17) is 5.73 Å². The third kappa shape index (κ3) is 2.50. The topological polar surface area (TPSA) is 46.3 Å². The second kappa shape index (κ2) is 4.88. The lowest BCUT2D eigenvalue weighted by Crippen LogP contribution is -2.43. The van der Waals surface area contributed by atoms with Crippen LogP contribution in [0.5, 0.6) is 0 Å². The van der Waals surface area contributed by atoms with E-state index in [0.717, 1.165) is 24.2 Å². The first-order valence-electron chi connectivity index (χ1n) is 6.23. The minimum atomic E-state index is -0.0793. The molecule has 17 heavy (non-hydrogen) atoms. The number of ketones is 1. The van der Waals surface area contributed by atoms with Crippen molar-refractivity contribution in [2.45, 2.75) is 38.8 Å². The Labute approximate surface area is 103 Å². The maximum atomic E-state index is 12.1. The number of anilines is 1. The Kier molecular flexibility index (Phi) is 3.48. The molecule has 1 unspecified atom stereocenters. The van der Waals surface area contributed by atoms with E-state index in [1.807, 2.05) is 24.3 Å². The quantitative estimate of drug-likeness (QED) is 0.796. The fraction of sp³-hybridized carbons (Fsp3) is 0.500. The summed E-state index contributed by atoms with van der Waals surface area (Å²) in [6.07, 6.45) is 1.67. The standard InChI is InChI=1S/C14H20N2O/c1-10(2)16-9-3-4-13(17)14(16)11-5-7-12(15)8-6-11/h5-8,10,14H,3-4,9,15H2,1-2H3. The van der Waals surface area contributed by atoms with Crippen LogP contribution in [0.2, 0.25) is 0 Å². The number of hydrogen-bond donors (Lipinski definition) is 1.